The molecular formula is C21H21N3O4S. The molecule has 0 spiro atoms. The summed E-state index contributed by atoms with van der Waals surface area (Å²) in [7, 11) is -1.50. The van der Waals surface area contributed by atoms with Gasteiger partial charge in [0.05, 0.1) is 30.4 Å². The number of amides is 1. The molecule has 1 fully saturated rings. The lowest BCUT2D eigenvalue weighted by Gasteiger charge is -2.13. The molecule has 29 heavy (non-hydrogen) atoms. The van der Waals surface area contributed by atoms with Crippen LogP contribution < -0.4 is 10.1 Å². The number of carbonyl (C=O) groups excluding carboxylic acids is 1. The van der Waals surface area contributed by atoms with Gasteiger partial charge in [0.15, 0.2) is 9.84 Å². The van der Waals surface area contributed by atoms with Gasteiger partial charge in [0, 0.05) is 17.2 Å². The van der Waals surface area contributed by atoms with Gasteiger partial charge in [-0.1, -0.05) is 18.2 Å². The Bertz CT molecular complexity index is 1120. The largest absolute Gasteiger partial charge is 0.497 e. The molecule has 0 bridgehead atoms. The number of rotatable bonds is 5. The molecule has 0 radical (unpaired) electrons. The van der Waals surface area contributed by atoms with Crippen LogP contribution in [0.4, 0.5) is 5.82 Å². The first-order valence-corrected chi connectivity index (χ1v) is 11.1. The van der Waals surface area contributed by atoms with Crippen LogP contribution in [0.25, 0.3) is 11.3 Å². The fourth-order valence-electron chi connectivity index (χ4n) is 3.42. The van der Waals surface area contributed by atoms with Crippen molar-refractivity contribution in [3.05, 3.63) is 66.2 Å². The normalized spacial score (nSPS) is 17.8. The van der Waals surface area contributed by atoms with E-state index in [9.17, 15) is 13.2 Å². The van der Waals surface area contributed by atoms with E-state index in [0.29, 0.717) is 23.5 Å². The van der Waals surface area contributed by atoms with Gasteiger partial charge in [0.1, 0.15) is 11.6 Å². The minimum Gasteiger partial charge on any atom is -0.497 e. The van der Waals surface area contributed by atoms with Crippen molar-refractivity contribution < 1.29 is 17.9 Å². The number of hydrogen-bond acceptors (Lipinski definition) is 5. The predicted molar refractivity (Wildman–Crippen MR) is 111 cm³/mol. The van der Waals surface area contributed by atoms with Gasteiger partial charge in [-0.05, 0) is 42.8 Å². The van der Waals surface area contributed by atoms with Gasteiger partial charge < -0.3 is 10.1 Å². The lowest BCUT2D eigenvalue weighted by atomic mass is 10.1. The van der Waals surface area contributed by atoms with E-state index >= 15 is 0 Å². The summed E-state index contributed by atoms with van der Waals surface area (Å²) < 4.78 is 30.8. The Balaban J connectivity index is 1.69. The molecule has 1 saturated heterocycles. The number of ether oxygens (including phenoxy) is 1. The molecule has 1 aliphatic heterocycles. The Morgan fingerprint density at radius 1 is 1.14 bits per heavy atom. The van der Waals surface area contributed by atoms with Crippen LogP contribution in [0.1, 0.15) is 22.8 Å². The maximum atomic E-state index is 12.7. The first-order valence-electron chi connectivity index (χ1n) is 9.26. The molecule has 0 saturated carbocycles. The van der Waals surface area contributed by atoms with Crippen molar-refractivity contribution in [3.8, 4) is 17.0 Å². The van der Waals surface area contributed by atoms with Crippen molar-refractivity contribution in [2.45, 2.75) is 12.5 Å². The Hall–Kier alpha value is -3.13. The third-order valence-corrected chi connectivity index (χ3v) is 6.70. The molecule has 0 unspecified atom stereocenters. The van der Waals surface area contributed by atoms with Gasteiger partial charge in [0.25, 0.3) is 5.91 Å². The van der Waals surface area contributed by atoms with Crippen LogP contribution in [0, 0.1) is 0 Å². The van der Waals surface area contributed by atoms with Gasteiger partial charge in [-0.2, -0.15) is 5.10 Å². The zero-order valence-corrected chi connectivity index (χ0v) is 16.7. The highest BCUT2D eigenvalue weighted by Crippen LogP contribution is 2.31. The molecule has 1 aromatic heterocycles. The van der Waals surface area contributed by atoms with E-state index in [1.165, 1.54) is 0 Å². The van der Waals surface area contributed by atoms with Crippen LogP contribution in [0.3, 0.4) is 0 Å². The zero-order chi connectivity index (χ0) is 20.4. The van der Waals surface area contributed by atoms with Gasteiger partial charge >= 0.3 is 0 Å². The monoisotopic (exact) mass is 411 g/mol. The maximum absolute atomic E-state index is 12.7. The summed E-state index contributed by atoms with van der Waals surface area (Å²) in [5.41, 5.74) is 2.02. The molecule has 1 atom stereocenters. The zero-order valence-electron chi connectivity index (χ0n) is 15.9. The van der Waals surface area contributed by atoms with E-state index < -0.39 is 9.84 Å². The quantitative estimate of drug-likeness (QED) is 0.696. The standard InChI is InChI=1S/C21H21N3O4S/c1-28-18-9-7-15(8-10-18)19-13-20(22-21(25)16-5-3-2-4-6-16)24(23-19)17-11-12-29(26,27)14-17/h2-10,13,17H,11-12,14H2,1H3,(H,22,25)/t17-/m1/s1. The summed E-state index contributed by atoms with van der Waals surface area (Å²) in [4.78, 5) is 12.7. The van der Waals surface area contributed by atoms with Crippen LogP contribution in [0.5, 0.6) is 5.75 Å². The predicted octanol–water partition coefficient (Wildman–Crippen LogP) is 3.17. The number of nitrogens with one attached hydrogen (secondary N) is 1. The maximum Gasteiger partial charge on any atom is 0.256 e. The minimum absolute atomic E-state index is 0.0188. The van der Waals surface area contributed by atoms with Crippen LogP contribution in [-0.4, -0.2) is 42.7 Å². The van der Waals surface area contributed by atoms with E-state index in [1.807, 2.05) is 30.3 Å². The van der Waals surface area contributed by atoms with Gasteiger partial charge in [-0.3, -0.25) is 4.79 Å². The topological polar surface area (TPSA) is 90.3 Å². The number of benzene rings is 2. The fraction of sp³-hybridized carbons (Fsp3) is 0.238. The van der Waals surface area contributed by atoms with Crippen molar-refractivity contribution >= 4 is 21.6 Å². The van der Waals surface area contributed by atoms with Crippen molar-refractivity contribution in [1.29, 1.82) is 0 Å². The first-order chi connectivity index (χ1) is 13.9. The lowest BCUT2D eigenvalue weighted by Crippen LogP contribution is -2.19. The Morgan fingerprint density at radius 3 is 2.48 bits per heavy atom. The second kappa shape index (κ2) is 7.71. The first kappa shape index (κ1) is 19.2. The fourth-order valence-corrected chi connectivity index (χ4v) is 5.11. The molecule has 7 nitrogen and oxygen atoms in total. The van der Waals surface area contributed by atoms with Crippen LogP contribution in [-0.2, 0) is 9.84 Å². The molecule has 8 heteroatoms. The van der Waals surface area contributed by atoms with Crippen LogP contribution in [0.15, 0.2) is 60.7 Å². The molecule has 150 valence electrons. The molecule has 3 aromatic rings. The number of methoxy groups -OCH3 is 1. The van der Waals surface area contributed by atoms with Gasteiger partial charge in [-0.15, -0.1) is 0 Å². The second-order valence-corrected chi connectivity index (χ2v) is 9.19. The average molecular weight is 411 g/mol. The highest BCUT2D eigenvalue weighted by Gasteiger charge is 2.31. The highest BCUT2D eigenvalue weighted by molar-refractivity contribution is 7.91. The number of aromatic nitrogens is 2. The van der Waals surface area contributed by atoms with Crippen molar-refractivity contribution in [3.63, 3.8) is 0 Å². The van der Waals surface area contributed by atoms with E-state index in [0.717, 1.165) is 11.3 Å². The lowest BCUT2D eigenvalue weighted by molar-refractivity contribution is 0.102. The van der Waals surface area contributed by atoms with E-state index in [2.05, 4.69) is 10.4 Å². The number of carbonyl (C=O) groups is 1. The van der Waals surface area contributed by atoms with E-state index in [4.69, 9.17) is 4.74 Å². The van der Waals surface area contributed by atoms with E-state index in [1.54, 1.807) is 42.1 Å². The number of sulfone groups is 1. The Labute approximate surface area is 169 Å². The molecule has 1 amide bonds. The molecule has 4 rings (SSSR count). The molecule has 2 aromatic carbocycles. The summed E-state index contributed by atoms with van der Waals surface area (Å²) in [6.45, 7) is 0. The SMILES string of the molecule is COc1ccc(-c2cc(NC(=O)c3ccccc3)n([C@@H]3CCS(=O)(=O)C3)n2)cc1. The smallest absolute Gasteiger partial charge is 0.256 e. The number of hydrogen-bond donors (Lipinski definition) is 1. The number of nitrogens with zero attached hydrogens (tertiary/aromatic N) is 2. The van der Waals surface area contributed by atoms with Crippen molar-refractivity contribution in [1.82, 2.24) is 9.78 Å². The summed E-state index contributed by atoms with van der Waals surface area (Å²) >= 11 is 0. The third-order valence-electron chi connectivity index (χ3n) is 4.95. The Morgan fingerprint density at radius 2 is 1.86 bits per heavy atom. The van der Waals surface area contributed by atoms with E-state index in [-0.39, 0.29) is 23.5 Å². The van der Waals surface area contributed by atoms with Gasteiger partial charge in [0.2, 0.25) is 0 Å². The highest BCUT2D eigenvalue weighted by atomic mass is 32.2. The van der Waals surface area contributed by atoms with Gasteiger partial charge in [-0.25, -0.2) is 13.1 Å². The number of anilines is 1. The third kappa shape index (κ3) is 4.17. The minimum atomic E-state index is -3.10. The van der Waals surface area contributed by atoms with Crippen molar-refractivity contribution in [2.75, 3.05) is 23.9 Å². The summed E-state index contributed by atoms with van der Waals surface area (Å²) in [5, 5.41) is 7.51. The molecule has 2 heterocycles. The summed E-state index contributed by atoms with van der Waals surface area (Å²) in [5.74, 6) is 1.08. The molecule has 0 aliphatic carbocycles. The Kier molecular flexibility index (Phi) is 5.10. The molecular weight excluding hydrogens is 390 g/mol. The van der Waals surface area contributed by atoms with Crippen LogP contribution in [0.2, 0.25) is 0 Å². The second-order valence-electron chi connectivity index (χ2n) is 6.96. The summed E-state index contributed by atoms with van der Waals surface area (Å²) in [6, 6.07) is 17.7. The molecule has 1 aliphatic rings. The molecule has 1 N–H and O–H groups in total. The average Bonchev–Trinajstić information content (AvgIpc) is 3.31. The van der Waals surface area contributed by atoms with Crippen molar-refractivity contribution in [2.24, 2.45) is 0 Å². The van der Waals surface area contributed by atoms with Crippen LogP contribution >= 0.6 is 0 Å². The summed E-state index contributed by atoms with van der Waals surface area (Å²) in [6.07, 6.45) is 0.472.